The standard InChI is InChI=1S/C22H30N2O6/c1-3-4-10-23-11-7-9-22-15(18(26)24(12-13-25)17(22)19(23)27)16-20(28)29-14-6-5-8-21(16,2)30-22/h5,7-9,15-17,25H,3-4,6,10-14H2,1-2H3/t15-,16+,17?,21-,22-/m0/s1. The summed E-state index contributed by atoms with van der Waals surface area (Å²) in [4.78, 5) is 43.3. The van der Waals surface area contributed by atoms with Crippen molar-refractivity contribution in [1.29, 1.82) is 0 Å². The van der Waals surface area contributed by atoms with Gasteiger partial charge in [0.25, 0.3) is 0 Å². The SMILES string of the molecule is CCCCN1CC=C[C@]23O[C@@]4(C)C=CCCOC(=O)[C@H]4[C@H]2C(=O)N(CCO)C3C1=O. The number of carbonyl (C=O) groups excluding carboxylic acids is 3. The summed E-state index contributed by atoms with van der Waals surface area (Å²) in [6.07, 6.45) is 9.78. The van der Waals surface area contributed by atoms with Crippen LogP contribution in [0.2, 0.25) is 0 Å². The van der Waals surface area contributed by atoms with Gasteiger partial charge in [0, 0.05) is 19.6 Å². The van der Waals surface area contributed by atoms with E-state index in [9.17, 15) is 19.5 Å². The van der Waals surface area contributed by atoms with Crippen LogP contribution in [0.15, 0.2) is 24.3 Å². The van der Waals surface area contributed by atoms with E-state index in [-0.39, 0.29) is 31.6 Å². The molecular weight excluding hydrogens is 388 g/mol. The summed E-state index contributed by atoms with van der Waals surface area (Å²) >= 11 is 0. The van der Waals surface area contributed by atoms with Gasteiger partial charge < -0.3 is 24.4 Å². The predicted octanol–water partition coefficient (Wildman–Crippen LogP) is 0.651. The van der Waals surface area contributed by atoms with Crippen molar-refractivity contribution in [3.8, 4) is 0 Å². The highest BCUT2D eigenvalue weighted by molar-refractivity contribution is 5.99. The smallest absolute Gasteiger partial charge is 0.313 e. The van der Waals surface area contributed by atoms with E-state index >= 15 is 0 Å². The van der Waals surface area contributed by atoms with Gasteiger partial charge in [-0.3, -0.25) is 14.4 Å². The molecule has 0 aromatic carbocycles. The van der Waals surface area contributed by atoms with Crippen LogP contribution in [-0.4, -0.2) is 82.8 Å². The minimum Gasteiger partial charge on any atom is -0.465 e. The predicted molar refractivity (Wildman–Crippen MR) is 107 cm³/mol. The zero-order chi connectivity index (χ0) is 21.5. The van der Waals surface area contributed by atoms with Gasteiger partial charge in [-0.05, 0) is 19.8 Å². The summed E-state index contributed by atoms with van der Waals surface area (Å²) in [7, 11) is 0. The molecule has 4 heterocycles. The van der Waals surface area contributed by atoms with Crippen molar-refractivity contribution in [2.24, 2.45) is 11.8 Å². The van der Waals surface area contributed by atoms with E-state index in [1.807, 2.05) is 18.2 Å². The molecule has 1 N–H and O–H groups in total. The lowest BCUT2D eigenvalue weighted by Crippen LogP contribution is -2.56. The van der Waals surface area contributed by atoms with Crippen LogP contribution in [0.1, 0.15) is 33.1 Å². The molecule has 0 bridgehead atoms. The molecule has 4 aliphatic heterocycles. The number of likely N-dealkylation sites (tertiary alicyclic amines) is 1. The minimum absolute atomic E-state index is 0.0145. The van der Waals surface area contributed by atoms with Crippen LogP contribution < -0.4 is 0 Å². The maximum absolute atomic E-state index is 13.6. The Morgan fingerprint density at radius 1 is 1.13 bits per heavy atom. The highest BCUT2D eigenvalue weighted by Gasteiger charge is 2.74. The number of esters is 1. The monoisotopic (exact) mass is 418 g/mol. The third-order valence-corrected chi connectivity index (χ3v) is 6.73. The molecule has 5 atom stereocenters. The number of amides is 2. The van der Waals surface area contributed by atoms with E-state index in [0.717, 1.165) is 12.8 Å². The maximum atomic E-state index is 13.6. The van der Waals surface area contributed by atoms with Gasteiger partial charge >= 0.3 is 5.97 Å². The molecule has 1 unspecified atom stereocenters. The van der Waals surface area contributed by atoms with Crippen LogP contribution in [0.5, 0.6) is 0 Å². The number of unbranched alkanes of at least 4 members (excludes halogenated alkanes) is 1. The highest BCUT2D eigenvalue weighted by atomic mass is 16.6. The average molecular weight is 418 g/mol. The quantitative estimate of drug-likeness (QED) is 0.520. The summed E-state index contributed by atoms with van der Waals surface area (Å²) in [5.74, 6) is -2.75. The fraction of sp³-hybridized carbons (Fsp3) is 0.682. The molecule has 2 amide bonds. The van der Waals surface area contributed by atoms with Gasteiger partial charge in [0.1, 0.15) is 17.6 Å². The molecule has 30 heavy (non-hydrogen) atoms. The van der Waals surface area contributed by atoms with Gasteiger partial charge in [-0.2, -0.15) is 0 Å². The fourth-order valence-electron chi connectivity index (χ4n) is 5.43. The van der Waals surface area contributed by atoms with Crippen LogP contribution in [0.25, 0.3) is 0 Å². The van der Waals surface area contributed by atoms with Crippen molar-refractivity contribution in [3.63, 3.8) is 0 Å². The fourth-order valence-corrected chi connectivity index (χ4v) is 5.43. The van der Waals surface area contributed by atoms with Crippen molar-refractivity contribution < 1.29 is 29.0 Å². The van der Waals surface area contributed by atoms with Crippen LogP contribution in [0, 0.1) is 11.8 Å². The molecule has 164 valence electrons. The zero-order valence-corrected chi connectivity index (χ0v) is 17.6. The van der Waals surface area contributed by atoms with Crippen molar-refractivity contribution >= 4 is 17.8 Å². The number of β-amino-alcohol motifs (C(OH)–C–C–N with tert-alkyl or cyclic N) is 1. The Morgan fingerprint density at radius 2 is 1.93 bits per heavy atom. The average Bonchev–Trinajstić information content (AvgIpc) is 3.01. The largest absolute Gasteiger partial charge is 0.465 e. The van der Waals surface area contributed by atoms with Crippen molar-refractivity contribution in [2.75, 3.05) is 32.8 Å². The second kappa shape index (κ2) is 7.81. The minimum atomic E-state index is -1.27. The van der Waals surface area contributed by atoms with Gasteiger partial charge in [0.05, 0.1) is 24.7 Å². The molecule has 0 aromatic heterocycles. The van der Waals surface area contributed by atoms with Crippen LogP contribution >= 0.6 is 0 Å². The Bertz CT molecular complexity index is 794. The summed E-state index contributed by atoms with van der Waals surface area (Å²) in [6.45, 7) is 4.84. The number of aliphatic hydroxyl groups excluding tert-OH is 1. The van der Waals surface area contributed by atoms with E-state index in [0.29, 0.717) is 19.5 Å². The zero-order valence-electron chi connectivity index (χ0n) is 17.6. The number of cyclic esters (lactones) is 1. The van der Waals surface area contributed by atoms with Gasteiger partial charge in [0.2, 0.25) is 11.8 Å². The number of fused-ring (bicyclic) bond motifs is 2. The van der Waals surface area contributed by atoms with Gasteiger partial charge in [0.15, 0.2) is 0 Å². The Balaban J connectivity index is 1.83. The number of aliphatic hydroxyl groups is 1. The van der Waals surface area contributed by atoms with Crippen LogP contribution in [-0.2, 0) is 23.9 Å². The molecule has 8 heteroatoms. The van der Waals surface area contributed by atoms with E-state index < -0.39 is 35.0 Å². The summed E-state index contributed by atoms with van der Waals surface area (Å²) in [5.41, 5.74) is -2.32. The number of hydrogen-bond acceptors (Lipinski definition) is 6. The number of hydrogen-bond donors (Lipinski definition) is 1. The van der Waals surface area contributed by atoms with Gasteiger partial charge in [-0.15, -0.1) is 0 Å². The van der Waals surface area contributed by atoms with Gasteiger partial charge in [-0.25, -0.2) is 0 Å². The Hall–Kier alpha value is -2.19. The van der Waals surface area contributed by atoms with Gasteiger partial charge in [-0.1, -0.05) is 37.6 Å². The Morgan fingerprint density at radius 3 is 2.67 bits per heavy atom. The number of carbonyl (C=O) groups is 3. The molecule has 2 saturated heterocycles. The molecule has 0 aliphatic carbocycles. The lowest BCUT2D eigenvalue weighted by atomic mass is 9.74. The normalized spacial score (nSPS) is 38.0. The topological polar surface area (TPSA) is 96.4 Å². The molecule has 1 spiro atoms. The number of nitrogens with zero attached hydrogens (tertiary/aromatic N) is 2. The lowest BCUT2D eigenvalue weighted by Gasteiger charge is -2.37. The molecule has 4 aliphatic rings. The number of ether oxygens (including phenoxy) is 2. The Labute approximate surface area is 176 Å². The third kappa shape index (κ3) is 3.00. The summed E-state index contributed by atoms with van der Waals surface area (Å²) in [6, 6.07) is -0.913. The second-order valence-electron chi connectivity index (χ2n) is 8.65. The molecule has 0 saturated carbocycles. The molecule has 8 nitrogen and oxygen atoms in total. The molecule has 2 fully saturated rings. The first-order chi connectivity index (χ1) is 14.4. The number of rotatable bonds is 5. The summed E-state index contributed by atoms with van der Waals surface area (Å²) < 4.78 is 12.0. The van der Waals surface area contributed by atoms with Crippen molar-refractivity contribution in [1.82, 2.24) is 9.80 Å². The van der Waals surface area contributed by atoms with Crippen LogP contribution in [0.4, 0.5) is 0 Å². The lowest BCUT2D eigenvalue weighted by molar-refractivity contribution is -0.160. The first-order valence-electron chi connectivity index (χ1n) is 10.8. The van der Waals surface area contributed by atoms with E-state index in [1.165, 1.54) is 4.90 Å². The summed E-state index contributed by atoms with van der Waals surface area (Å²) in [5, 5.41) is 9.60. The second-order valence-corrected chi connectivity index (χ2v) is 8.65. The van der Waals surface area contributed by atoms with E-state index in [4.69, 9.17) is 9.47 Å². The molecule has 4 rings (SSSR count). The van der Waals surface area contributed by atoms with Crippen molar-refractivity contribution in [2.45, 2.75) is 50.4 Å². The maximum Gasteiger partial charge on any atom is 0.313 e. The highest BCUT2D eigenvalue weighted by Crippen LogP contribution is 2.57. The molecule has 0 aromatic rings. The molecular formula is C22H30N2O6. The Kier molecular flexibility index (Phi) is 5.48. The molecule has 0 radical (unpaired) electrons. The van der Waals surface area contributed by atoms with Crippen LogP contribution in [0.3, 0.4) is 0 Å². The van der Waals surface area contributed by atoms with E-state index in [1.54, 1.807) is 17.9 Å². The first-order valence-corrected chi connectivity index (χ1v) is 10.8. The third-order valence-electron chi connectivity index (χ3n) is 6.73. The first kappa shape index (κ1) is 21.1. The van der Waals surface area contributed by atoms with Crippen molar-refractivity contribution in [3.05, 3.63) is 24.3 Å². The van der Waals surface area contributed by atoms with E-state index in [2.05, 4.69) is 6.92 Å².